The number of hydrogen-bond donors (Lipinski definition) is 4. The largest absolute Gasteiger partial charge is 0.462 e. The summed E-state index contributed by atoms with van der Waals surface area (Å²) in [6.07, 6.45) is 22.6. The van der Waals surface area contributed by atoms with Gasteiger partial charge < -0.3 is 39.4 Å². The van der Waals surface area contributed by atoms with Crippen LogP contribution in [-0.4, -0.2) is 89.0 Å². The van der Waals surface area contributed by atoms with E-state index in [0.717, 1.165) is 25.7 Å². The summed E-state index contributed by atoms with van der Waals surface area (Å²) in [7, 11) is 0. The van der Waals surface area contributed by atoms with Crippen LogP contribution in [0.2, 0.25) is 0 Å². The van der Waals surface area contributed by atoms with Gasteiger partial charge in [0.25, 0.3) is 0 Å². The van der Waals surface area contributed by atoms with Crippen molar-refractivity contribution in [3.8, 4) is 0 Å². The quantitative estimate of drug-likeness (QED) is 0.0593. The molecule has 0 aromatic rings. The van der Waals surface area contributed by atoms with Crippen LogP contribution in [0, 0.1) is 0 Å². The molecule has 1 heterocycles. The number of hydrogen-bond acceptors (Lipinski definition) is 10. The van der Waals surface area contributed by atoms with Gasteiger partial charge >= 0.3 is 11.9 Å². The Morgan fingerprint density at radius 1 is 0.696 bits per heavy atom. The Hall–Kier alpha value is -2.60. The molecule has 10 nitrogen and oxygen atoms in total. The summed E-state index contributed by atoms with van der Waals surface area (Å²) in [6, 6.07) is 0. The van der Waals surface area contributed by atoms with E-state index in [4.69, 9.17) is 18.9 Å². The molecule has 0 radical (unpaired) electrons. The number of ether oxygens (including phenoxy) is 4. The second-order valence-corrected chi connectivity index (χ2v) is 11.4. The van der Waals surface area contributed by atoms with Crippen LogP contribution in [-0.2, 0) is 28.5 Å². The number of esters is 2. The van der Waals surface area contributed by atoms with Gasteiger partial charge in [-0.25, -0.2) is 0 Å². The van der Waals surface area contributed by atoms with Crippen molar-refractivity contribution in [3.63, 3.8) is 0 Å². The number of carbonyl (C=O) groups excluding carboxylic acids is 2. The summed E-state index contributed by atoms with van der Waals surface area (Å²) < 4.78 is 21.8. The lowest BCUT2D eigenvalue weighted by Crippen LogP contribution is -2.59. The summed E-state index contributed by atoms with van der Waals surface area (Å²) in [6.45, 7) is 3.11. The third-order valence-electron chi connectivity index (χ3n) is 7.29. The Bertz CT molecular complexity index is 939. The lowest BCUT2D eigenvalue weighted by Gasteiger charge is -2.39. The third kappa shape index (κ3) is 19.8. The van der Waals surface area contributed by atoms with Crippen LogP contribution in [0.3, 0.4) is 0 Å². The van der Waals surface area contributed by atoms with Crippen molar-refractivity contribution >= 4 is 11.9 Å². The molecule has 10 heteroatoms. The molecular formula is C36H58O10. The molecule has 0 spiro atoms. The topological polar surface area (TPSA) is 152 Å². The Balaban J connectivity index is 2.54. The maximum atomic E-state index is 12.6. The smallest absolute Gasteiger partial charge is 0.306 e. The van der Waals surface area contributed by atoms with Gasteiger partial charge in [0.2, 0.25) is 0 Å². The first-order valence-corrected chi connectivity index (χ1v) is 16.9. The highest BCUT2D eigenvalue weighted by molar-refractivity contribution is 5.70. The molecule has 1 aliphatic heterocycles. The van der Waals surface area contributed by atoms with Gasteiger partial charge in [-0.1, -0.05) is 120 Å². The number of unbranched alkanes of at least 4 members (excludes halogenated alkanes) is 8. The maximum Gasteiger partial charge on any atom is 0.306 e. The minimum Gasteiger partial charge on any atom is -0.462 e. The molecular weight excluding hydrogens is 592 g/mol. The predicted octanol–water partition coefficient (Wildman–Crippen LogP) is 5.15. The van der Waals surface area contributed by atoms with E-state index in [1.54, 1.807) is 0 Å². The third-order valence-corrected chi connectivity index (χ3v) is 7.29. The van der Waals surface area contributed by atoms with Crippen LogP contribution in [0.4, 0.5) is 0 Å². The zero-order valence-electron chi connectivity index (χ0n) is 27.8. The molecule has 4 N–H and O–H groups in total. The van der Waals surface area contributed by atoms with Crippen LogP contribution >= 0.6 is 0 Å². The predicted molar refractivity (Wildman–Crippen MR) is 178 cm³/mol. The summed E-state index contributed by atoms with van der Waals surface area (Å²) >= 11 is 0. The highest BCUT2D eigenvalue weighted by atomic mass is 16.7. The average Bonchev–Trinajstić information content (AvgIpc) is 3.05. The van der Waals surface area contributed by atoms with E-state index in [0.29, 0.717) is 19.3 Å². The Kier molecular flexibility index (Phi) is 24.8. The van der Waals surface area contributed by atoms with Crippen molar-refractivity contribution in [1.82, 2.24) is 0 Å². The molecule has 1 fully saturated rings. The number of carbonyl (C=O) groups is 2. The fraction of sp³-hybridized carbons (Fsp3) is 0.667. The van der Waals surface area contributed by atoms with Crippen LogP contribution in [0.25, 0.3) is 0 Å². The zero-order chi connectivity index (χ0) is 33.8. The highest BCUT2D eigenvalue weighted by Gasteiger charge is 2.44. The minimum atomic E-state index is -1.61. The van der Waals surface area contributed by atoms with Crippen molar-refractivity contribution < 1.29 is 49.0 Å². The van der Waals surface area contributed by atoms with E-state index in [1.807, 2.05) is 54.7 Å². The van der Waals surface area contributed by atoms with E-state index in [2.05, 4.69) is 19.9 Å². The fourth-order valence-corrected chi connectivity index (χ4v) is 4.57. The van der Waals surface area contributed by atoms with Gasteiger partial charge in [0.1, 0.15) is 31.0 Å². The zero-order valence-corrected chi connectivity index (χ0v) is 27.8. The molecule has 3 unspecified atom stereocenters. The first-order valence-electron chi connectivity index (χ1n) is 16.9. The van der Waals surface area contributed by atoms with Gasteiger partial charge in [-0.2, -0.15) is 0 Å². The summed E-state index contributed by atoms with van der Waals surface area (Å²) in [4.78, 5) is 24.9. The molecule has 0 aromatic heterocycles. The molecule has 1 saturated heterocycles. The monoisotopic (exact) mass is 650 g/mol. The van der Waals surface area contributed by atoms with Gasteiger partial charge in [0.15, 0.2) is 12.4 Å². The van der Waals surface area contributed by atoms with Crippen molar-refractivity contribution in [2.45, 2.75) is 134 Å². The molecule has 0 amide bonds. The SMILES string of the molecule is CC/C=C/C=C/C=C/C=C/C=C/CCCC(=O)OC(COC(=O)CCCCCCCCCC)CO[C@@H]1O[C@H](CO)[C@H](O)C(O)C1O. The van der Waals surface area contributed by atoms with Crippen molar-refractivity contribution in [3.05, 3.63) is 60.8 Å². The first kappa shape index (κ1) is 41.4. The van der Waals surface area contributed by atoms with Crippen LogP contribution in [0.1, 0.15) is 97.3 Å². The number of rotatable bonds is 25. The summed E-state index contributed by atoms with van der Waals surface area (Å²) in [5, 5.41) is 39.7. The molecule has 0 aromatic carbocycles. The Labute approximate surface area is 275 Å². The molecule has 6 atom stereocenters. The fourth-order valence-electron chi connectivity index (χ4n) is 4.57. The molecule has 0 aliphatic carbocycles. The van der Waals surface area contributed by atoms with Crippen molar-refractivity contribution in [1.29, 1.82) is 0 Å². The standard InChI is InChI=1S/C36H58O10/c1-3-5-7-9-11-13-14-15-16-17-19-21-23-25-32(39)45-29(27-43-31(38)24-22-20-18-12-10-8-6-4-2)28-44-36-35(42)34(41)33(40)30(26-37)46-36/h5,7,9,11,13-17,19,29-30,33-37,40-42H,3-4,6,8,10,12,18,20-28H2,1-2H3/b7-5+,11-9+,14-13+,16-15+,19-17+/t29?,30-,33+,34?,35?,36-/m1/s1. The van der Waals surface area contributed by atoms with E-state index in [-0.39, 0.29) is 26.1 Å². The van der Waals surface area contributed by atoms with Gasteiger partial charge in [-0.05, 0) is 25.7 Å². The van der Waals surface area contributed by atoms with E-state index >= 15 is 0 Å². The van der Waals surface area contributed by atoms with Gasteiger partial charge in [0, 0.05) is 12.8 Å². The number of aliphatic hydroxyl groups excluding tert-OH is 4. The van der Waals surface area contributed by atoms with Gasteiger partial charge in [0.05, 0.1) is 13.2 Å². The molecule has 1 aliphatic rings. The van der Waals surface area contributed by atoms with E-state index in [1.165, 1.54) is 25.7 Å². The molecule has 0 bridgehead atoms. The number of allylic oxidation sites excluding steroid dienone is 10. The lowest BCUT2D eigenvalue weighted by molar-refractivity contribution is -0.305. The average molecular weight is 651 g/mol. The second-order valence-electron chi connectivity index (χ2n) is 11.4. The van der Waals surface area contributed by atoms with E-state index < -0.39 is 55.4 Å². The first-order chi connectivity index (χ1) is 22.3. The lowest BCUT2D eigenvalue weighted by atomic mass is 9.99. The molecule has 46 heavy (non-hydrogen) atoms. The Morgan fingerprint density at radius 3 is 1.91 bits per heavy atom. The summed E-state index contributed by atoms with van der Waals surface area (Å²) in [5.74, 6) is -0.908. The molecule has 0 saturated carbocycles. The van der Waals surface area contributed by atoms with Crippen LogP contribution in [0.15, 0.2) is 60.8 Å². The van der Waals surface area contributed by atoms with Crippen molar-refractivity contribution in [2.75, 3.05) is 19.8 Å². The maximum absolute atomic E-state index is 12.6. The number of aliphatic hydroxyl groups is 4. The van der Waals surface area contributed by atoms with Gasteiger partial charge in [-0.3, -0.25) is 9.59 Å². The van der Waals surface area contributed by atoms with Crippen LogP contribution in [0.5, 0.6) is 0 Å². The highest BCUT2D eigenvalue weighted by Crippen LogP contribution is 2.22. The molecule has 1 rings (SSSR count). The second kappa shape index (κ2) is 27.5. The van der Waals surface area contributed by atoms with Crippen molar-refractivity contribution in [2.24, 2.45) is 0 Å². The van der Waals surface area contributed by atoms with Crippen LogP contribution < -0.4 is 0 Å². The van der Waals surface area contributed by atoms with E-state index in [9.17, 15) is 30.0 Å². The summed E-state index contributed by atoms with van der Waals surface area (Å²) in [5.41, 5.74) is 0. The molecule has 262 valence electrons. The van der Waals surface area contributed by atoms with Gasteiger partial charge in [-0.15, -0.1) is 0 Å². The minimum absolute atomic E-state index is 0.132. The Morgan fingerprint density at radius 2 is 1.28 bits per heavy atom. The normalized spacial score (nSPS) is 23.0.